The molecule has 0 heterocycles. The second-order valence-electron chi connectivity index (χ2n) is 4.55. The van der Waals surface area contributed by atoms with Crippen molar-refractivity contribution < 1.29 is 0 Å². The molecule has 0 atom stereocenters. The van der Waals surface area contributed by atoms with Gasteiger partial charge in [-0.2, -0.15) is 0 Å². The van der Waals surface area contributed by atoms with Crippen LogP contribution in [0.5, 0.6) is 0 Å². The first-order valence-corrected chi connectivity index (χ1v) is 6.52. The van der Waals surface area contributed by atoms with Crippen molar-refractivity contribution >= 4 is 11.6 Å². The Morgan fingerprint density at radius 3 is 2.62 bits per heavy atom. The highest BCUT2D eigenvalue weighted by Gasteiger charge is 2.04. The summed E-state index contributed by atoms with van der Waals surface area (Å²) in [6, 6.07) is 6.75. The maximum Gasteiger partial charge on any atom is 0.0409 e. The molecule has 0 aromatic heterocycles. The van der Waals surface area contributed by atoms with Crippen molar-refractivity contribution in [1.29, 1.82) is 0 Å². The van der Waals surface area contributed by atoms with Crippen molar-refractivity contribution in [3.63, 3.8) is 0 Å². The van der Waals surface area contributed by atoms with Crippen molar-refractivity contribution in [1.82, 2.24) is 5.32 Å². The van der Waals surface area contributed by atoms with Crippen LogP contribution in [0.25, 0.3) is 0 Å². The van der Waals surface area contributed by atoms with Crippen LogP contribution in [0.1, 0.15) is 44.7 Å². The van der Waals surface area contributed by atoms with Gasteiger partial charge in [-0.15, -0.1) is 0 Å². The second-order valence-corrected chi connectivity index (χ2v) is 4.99. The molecule has 0 spiro atoms. The summed E-state index contributed by atoms with van der Waals surface area (Å²) < 4.78 is 0. The molecule has 0 saturated carbocycles. The number of unbranched alkanes of at least 4 members (excludes halogenated alkanes) is 1. The van der Waals surface area contributed by atoms with E-state index in [0.29, 0.717) is 6.04 Å². The second kappa shape index (κ2) is 6.93. The first kappa shape index (κ1) is 13.5. The summed E-state index contributed by atoms with van der Waals surface area (Å²) in [5.74, 6) is 0. The van der Waals surface area contributed by atoms with Gasteiger partial charge in [0.05, 0.1) is 0 Å². The lowest BCUT2D eigenvalue weighted by Crippen LogP contribution is -2.22. The Hall–Kier alpha value is -0.530. The molecule has 2 heteroatoms. The number of nitrogens with one attached hydrogen (secondary N) is 1. The van der Waals surface area contributed by atoms with Gasteiger partial charge in [0, 0.05) is 17.6 Å². The van der Waals surface area contributed by atoms with E-state index >= 15 is 0 Å². The summed E-state index contributed by atoms with van der Waals surface area (Å²) >= 11 is 6.04. The normalized spacial score (nSPS) is 11.1. The molecule has 0 radical (unpaired) electrons. The number of rotatable bonds is 6. The van der Waals surface area contributed by atoms with Gasteiger partial charge in [0.15, 0.2) is 0 Å². The van der Waals surface area contributed by atoms with E-state index in [1.165, 1.54) is 24.0 Å². The van der Waals surface area contributed by atoms with Crippen LogP contribution < -0.4 is 5.32 Å². The van der Waals surface area contributed by atoms with Gasteiger partial charge in [-0.3, -0.25) is 0 Å². The van der Waals surface area contributed by atoms with Gasteiger partial charge in [0.25, 0.3) is 0 Å². The Morgan fingerprint density at radius 2 is 2.00 bits per heavy atom. The number of halogens is 1. The van der Waals surface area contributed by atoms with Crippen molar-refractivity contribution in [2.24, 2.45) is 0 Å². The van der Waals surface area contributed by atoms with E-state index in [-0.39, 0.29) is 0 Å². The smallest absolute Gasteiger partial charge is 0.0409 e. The molecule has 1 N–H and O–H groups in total. The molecular formula is C14H22ClN. The fourth-order valence-corrected chi connectivity index (χ4v) is 1.88. The van der Waals surface area contributed by atoms with Gasteiger partial charge >= 0.3 is 0 Å². The van der Waals surface area contributed by atoms with E-state index in [2.05, 4.69) is 38.2 Å². The van der Waals surface area contributed by atoms with Crippen LogP contribution in [-0.2, 0) is 13.0 Å². The molecule has 0 bridgehead atoms. The summed E-state index contributed by atoms with van der Waals surface area (Å²) in [5.41, 5.74) is 2.77. The van der Waals surface area contributed by atoms with Crippen molar-refractivity contribution in [3.05, 3.63) is 34.3 Å². The highest BCUT2D eigenvalue weighted by atomic mass is 35.5. The zero-order chi connectivity index (χ0) is 12.0. The van der Waals surface area contributed by atoms with E-state index in [1.807, 2.05) is 6.07 Å². The van der Waals surface area contributed by atoms with Gasteiger partial charge in [-0.1, -0.05) is 44.9 Å². The van der Waals surface area contributed by atoms with Crippen molar-refractivity contribution in [3.8, 4) is 0 Å². The SMILES string of the molecule is CCCCc1ccc(Cl)cc1CNC(C)C. The molecule has 1 aromatic carbocycles. The lowest BCUT2D eigenvalue weighted by molar-refractivity contribution is 0.585. The fourth-order valence-electron chi connectivity index (χ4n) is 1.68. The quantitative estimate of drug-likeness (QED) is 0.785. The Morgan fingerprint density at radius 1 is 1.25 bits per heavy atom. The largest absolute Gasteiger partial charge is 0.310 e. The van der Waals surface area contributed by atoms with Gasteiger partial charge in [0.2, 0.25) is 0 Å². The Labute approximate surface area is 104 Å². The lowest BCUT2D eigenvalue weighted by Gasteiger charge is -2.13. The zero-order valence-electron chi connectivity index (χ0n) is 10.5. The molecule has 16 heavy (non-hydrogen) atoms. The highest BCUT2D eigenvalue weighted by molar-refractivity contribution is 6.30. The minimum atomic E-state index is 0.512. The first-order chi connectivity index (χ1) is 7.63. The molecule has 0 saturated heterocycles. The average molecular weight is 240 g/mol. The van der Waals surface area contributed by atoms with Crippen molar-refractivity contribution in [2.75, 3.05) is 0 Å². The average Bonchev–Trinajstić information content (AvgIpc) is 2.25. The summed E-state index contributed by atoms with van der Waals surface area (Å²) in [6.45, 7) is 7.46. The van der Waals surface area contributed by atoms with Gasteiger partial charge < -0.3 is 5.32 Å². The molecule has 1 aromatic rings. The number of aryl methyl sites for hydroxylation is 1. The zero-order valence-corrected chi connectivity index (χ0v) is 11.3. The van der Waals surface area contributed by atoms with Crippen LogP contribution in [0.15, 0.2) is 18.2 Å². The predicted molar refractivity (Wildman–Crippen MR) is 72.0 cm³/mol. The van der Waals surface area contributed by atoms with Crippen LogP contribution in [0.4, 0.5) is 0 Å². The first-order valence-electron chi connectivity index (χ1n) is 6.14. The molecule has 0 fully saturated rings. The molecule has 0 unspecified atom stereocenters. The number of benzene rings is 1. The molecule has 0 amide bonds. The van der Waals surface area contributed by atoms with Gasteiger partial charge in [0.1, 0.15) is 0 Å². The standard InChI is InChI=1S/C14H22ClN/c1-4-5-6-12-7-8-14(15)9-13(12)10-16-11(2)3/h7-9,11,16H,4-6,10H2,1-3H3. The van der Waals surface area contributed by atoms with Crippen LogP contribution in [-0.4, -0.2) is 6.04 Å². The summed E-state index contributed by atoms with van der Waals surface area (Å²) in [6.07, 6.45) is 3.64. The van der Waals surface area contributed by atoms with Crippen LogP contribution in [0.2, 0.25) is 5.02 Å². The van der Waals surface area contributed by atoms with Gasteiger partial charge in [-0.25, -0.2) is 0 Å². The van der Waals surface area contributed by atoms with Crippen LogP contribution in [0.3, 0.4) is 0 Å². The Kier molecular flexibility index (Phi) is 5.86. The predicted octanol–water partition coefficient (Wildman–Crippen LogP) is 4.18. The lowest BCUT2D eigenvalue weighted by atomic mass is 10.0. The van der Waals surface area contributed by atoms with Crippen molar-refractivity contribution in [2.45, 2.75) is 52.6 Å². The van der Waals surface area contributed by atoms with Crippen LogP contribution >= 0.6 is 11.6 Å². The minimum absolute atomic E-state index is 0.512. The molecule has 1 rings (SSSR count). The maximum atomic E-state index is 6.04. The number of hydrogen-bond acceptors (Lipinski definition) is 1. The summed E-state index contributed by atoms with van der Waals surface area (Å²) in [4.78, 5) is 0. The molecule has 0 aliphatic carbocycles. The van der Waals surface area contributed by atoms with E-state index in [4.69, 9.17) is 11.6 Å². The topological polar surface area (TPSA) is 12.0 Å². The molecular weight excluding hydrogens is 218 g/mol. The maximum absolute atomic E-state index is 6.04. The van der Waals surface area contributed by atoms with E-state index in [1.54, 1.807) is 0 Å². The van der Waals surface area contributed by atoms with Crippen LogP contribution in [0, 0.1) is 0 Å². The van der Waals surface area contributed by atoms with E-state index in [9.17, 15) is 0 Å². The third kappa shape index (κ3) is 4.54. The van der Waals surface area contributed by atoms with E-state index in [0.717, 1.165) is 18.0 Å². The summed E-state index contributed by atoms with van der Waals surface area (Å²) in [5, 5.41) is 4.28. The number of hydrogen-bond donors (Lipinski definition) is 1. The molecule has 0 aliphatic rings. The monoisotopic (exact) mass is 239 g/mol. The Bertz CT molecular complexity index is 321. The highest BCUT2D eigenvalue weighted by Crippen LogP contribution is 2.18. The van der Waals surface area contributed by atoms with Gasteiger partial charge in [-0.05, 0) is 36.1 Å². The Balaban J connectivity index is 2.72. The fraction of sp³-hybridized carbons (Fsp3) is 0.571. The molecule has 0 aliphatic heterocycles. The minimum Gasteiger partial charge on any atom is -0.310 e. The third-order valence-corrected chi connectivity index (χ3v) is 2.90. The van der Waals surface area contributed by atoms with E-state index < -0.39 is 0 Å². The molecule has 90 valence electrons. The summed E-state index contributed by atoms with van der Waals surface area (Å²) in [7, 11) is 0. The molecule has 1 nitrogen and oxygen atoms in total. The third-order valence-electron chi connectivity index (χ3n) is 2.67.